The van der Waals surface area contributed by atoms with E-state index in [4.69, 9.17) is 14.6 Å². The number of methoxy groups -OCH3 is 1. The molecular weight excluding hydrogens is 411 g/mol. The molecule has 0 fully saturated rings. The lowest BCUT2D eigenvalue weighted by molar-refractivity contribution is -0.145. The van der Waals surface area contributed by atoms with Gasteiger partial charge >= 0.3 is 5.97 Å². The lowest BCUT2D eigenvalue weighted by atomic mass is 9.97. The van der Waals surface area contributed by atoms with Crippen molar-refractivity contribution in [1.82, 2.24) is 0 Å². The Hall–Kier alpha value is -3.38. The van der Waals surface area contributed by atoms with E-state index >= 15 is 0 Å². The van der Waals surface area contributed by atoms with Gasteiger partial charge in [-0.15, -0.1) is 0 Å². The predicted molar refractivity (Wildman–Crippen MR) is 118 cm³/mol. The zero-order valence-electron chi connectivity index (χ0n) is 17.9. The molecule has 0 bridgehead atoms. The van der Waals surface area contributed by atoms with E-state index in [0.717, 1.165) is 29.5 Å². The van der Waals surface area contributed by atoms with Crippen LogP contribution in [0, 0.1) is 11.7 Å². The maximum Gasteiger partial charge on any atom is 0.309 e. The van der Waals surface area contributed by atoms with Crippen LogP contribution < -0.4 is 9.47 Å². The summed E-state index contributed by atoms with van der Waals surface area (Å²) in [5.74, 6) is -1.12. The second kappa shape index (κ2) is 9.01. The smallest absolute Gasteiger partial charge is 0.309 e. The fourth-order valence-corrected chi connectivity index (χ4v) is 4.08. The van der Waals surface area contributed by atoms with Gasteiger partial charge in [0.15, 0.2) is 0 Å². The number of aliphatic hydroxyl groups is 1. The SMILES string of the molecule is COc1ccc(F)c(-c2ccc3c(c2)CC[C@H]3Oc2cccc([C@H](O)[C@H](C)C(=O)O)c2)c1. The third kappa shape index (κ3) is 4.32. The third-order valence-electron chi connectivity index (χ3n) is 5.99. The maximum atomic E-state index is 14.4. The fourth-order valence-electron chi connectivity index (χ4n) is 4.08. The van der Waals surface area contributed by atoms with Gasteiger partial charge in [0.05, 0.1) is 19.1 Å². The molecule has 6 heteroatoms. The summed E-state index contributed by atoms with van der Waals surface area (Å²) in [7, 11) is 1.55. The van der Waals surface area contributed by atoms with E-state index in [1.807, 2.05) is 18.2 Å². The highest BCUT2D eigenvalue weighted by atomic mass is 19.1. The number of halogens is 1. The van der Waals surface area contributed by atoms with Gasteiger partial charge < -0.3 is 19.7 Å². The molecule has 1 aliphatic carbocycles. The summed E-state index contributed by atoms with van der Waals surface area (Å²) >= 11 is 0. The molecule has 2 N–H and O–H groups in total. The second-order valence-corrected chi connectivity index (χ2v) is 8.05. The summed E-state index contributed by atoms with van der Waals surface area (Å²) in [6.07, 6.45) is 0.292. The molecule has 32 heavy (non-hydrogen) atoms. The molecule has 3 aromatic carbocycles. The monoisotopic (exact) mass is 436 g/mol. The molecule has 0 saturated carbocycles. The van der Waals surface area contributed by atoms with Crippen LogP contribution in [-0.4, -0.2) is 23.3 Å². The van der Waals surface area contributed by atoms with Crippen LogP contribution in [0.1, 0.15) is 42.2 Å². The first-order chi connectivity index (χ1) is 15.4. The number of rotatable bonds is 7. The fraction of sp³-hybridized carbons (Fsp3) is 0.269. The lowest BCUT2D eigenvalue weighted by Crippen LogP contribution is -2.18. The largest absolute Gasteiger partial charge is 0.497 e. The van der Waals surface area contributed by atoms with E-state index in [2.05, 4.69) is 0 Å². The molecular formula is C26H25FO5. The van der Waals surface area contributed by atoms with Crippen LogP contribution in [-0.2, 0) is 11.2 Å². The van der Waals surface area contributed by atoms with E-state index in [-0.39, 0.29) is 11.9 Å². The summed E-state index contributed by atoms with van der Waals surface area (Å²) in [5.41, 5.74) is 3.92. The summed E-state index contributed by atoms with van der Waals surface area (Å²) in [6.45, 7) is 1.47. The lowest BCUT2D eigenvalue weighted by Gasteiger charge is -2.19. The summed E-state index contributed by atoms with van der Waals surface area (Å²) in [5, 5.41) is 19.5. The van der Waals surface area contributed by atoms with Crippen LogP contribution in [0.3, 0.4) is 0 Å². The Morgan fingerprint density at radius 2 is 1.91 bits per heavy atom. The predicted octanol–water partition coefficient (Wildman–Crippen LogP) is 5.32. The van der Waals surface area contributed by atoms with Crippen molar-refractivity contribution in [1.29, 1.82) is 0 Å². The summed E-state index contributed by atoms with van der Waals surface area (Å²) in [6, 6.07) is 17.4. The Morgan fingerprint density at radius 3 is 2.66 bits per heavy atom. The Morgan fingerprint density at radius 1 is 1.09 bits per heavy atom. The highest BCUT2D eigenvalue weighted by Gasteiger charge is 2.26. The molecule has 1 aliphatic rings. The number of ether oxygens (including phenoxy) is 2. The van der Waals surface area contributed by atoms with Crippen molar-refractivity contribution in [2.75, 3.05) is 7.11 Å². The summed E-state index contributed by atoms with van der Waals surface area (Å²) < 4.78 is 25.8. The molecule has 0 heterocycles. The van der Waals surface area contributed by atoms with Gasteiger partial charge in [-0.25, -0.2) is 4.39 Å². The minimum atomic E-state index is -1.12. The zero-order valence-corrected chi connectivity index (χ0v) is 17.9. The van der Waals surface area contributed by atoms with Crippen LogP contribution in [0.5, 0.6) is 11.5 Å². The highest BCUT2D eigenvalue weighted by Crippen LogP contribution is 2.38. The maximum absolute atomic E-state index is 14.4. The van der Waals surface area contributed by atoms with Crippen molar-refractivity contribution in [2.24, 2.45) is 5.92 Å². The molecule has 166 valence electrons. The number of carboxylic acid groups (broad SMARTS) is 1. The van der Waals surface area contributed by atoms with Gasteiger partial charge in [-0.2, -0.15) is 0 Å². The van der Waals surface area contributed by atoms with Gasteiger partial charge in [0.1, 0.15) is 23.4 Å². The normalized spacial score (nSPS) is 16.8. The van der Waals surface area contributed by atoms with E-state index in [1.54, 1.807) is 43.5 Å². The van der Waals surface area contributed by atoms with Gasteiger partial charge in [0.2, 0.25) is 0 Å². The van der Waals surface area contributed by atoms with Crippen molar-refractivity contribution in [2.45, 2.75) is 32.0 Å². The minimum absolute atomic E-state index is 0.168. The first-order valence-electron chi connectivity index (χ1n) is 10.5. The molecule has 4 rings (SSSR count). The Kier molecular flexibility index (Phi) is 6.15. The van der Waals surface area contributed by atoms with Crippen molar-refractivity contribution >= 4 is 5.97 Å². The molecule has 0 aromatic heterocycles. The first-order valence-corrected chi connectivity index (χ1v) is 10.5. The van der Waals surface area contributed by atoms with Crippen LogP contribution >= 0.6 is 0 Å². The molecule has 0 spiro atoms. The molecule has 0 radical (unpaired) electrons. The van der Waals surface area contributed by atoms with Gasteiger partial charge in [0.25, 0.3) is 0 Å². The van der Waals surface area contributed by atoms with Crippen molar-refractivity contribution in [3.8, 4) is 22.6 Å². The Bertz CT molecular complexity index is 1140. The molecule has 5 nitrogen and oxygen atoms in total. The molecule has 3 atom stereocenters. The van der Waals surface area contributed by atoms with Crippen LogP contribution in [0.4, 0.5) is 4.39 Å². The van der Waals surface area contributed by atoms with Gasteiger partial charge in [-0.05, 0) is 72.4 Å². The number of carbonyl (C=O) groups is 1. The topological polar surface area (TPSA) is 76.0 Å². The number of hydrogen-bond donors (Lipinski definition) is 2. The van der Waals surface area contributed by atoms with Crippen LogP contribution in [0.15, 0.2) is 60.7 Å². The van der Waals surface area contributed by atoms with Gasteiger partial charge in [0, 0.05) is 5.56 Å². The Balaban J connectivity index is 1.55. The van der Waals surface area contributed by atoms with Gasteiger partial charge in [-0.3, -0.25) is 4.79 Å². The third-order valence-corrected chi connectivity index (χ3v) is 5.99. The number of carboxylic acids is 1. The zero-order chi connectivity index (χ0) is 22.8. The second-order valence-electron chi connectivity index (χ2n) is 8.05. The first kappa shape index (κ1) is 21.8. The van der Waals surface area contributed by atoms with Crippen molar-refractivity contribution < 1.29 is 28.9 Å². The number of hydrogen-bond acceptors (Lipinski definition) is 4. The molecule has 0 saturated heterocycles. The number of aryl methyl sites for hydroxylation is 1. The molecule has 0 aliphatic heterocycles. The van der Waals surface area contributed by atoms with Crippen LogP contribution in [0.25, 0.3) is 11.1 Å². The van der Waals surface area contributed by atoms with E-state index in [1.165, 1.54) is 13.0 Å². The van der Waals surface area contributed by atoms with E-state index in [0.29, 0.717) is 22.6 Å². The van der Waals surface area contributed by atoms with Gasteiger partial charge in [-0.1, -0.05) is 30.3 Å². The average Bonchev–Trinajstić information content (AvgIpc) is 3.20. The van der Waals surface area contributed by atoms with E-state index < -0.39 is 18.0 Å². The number of fused-ring (bicyclic) bond motifs is 1. The number of aliphatic carboxylic acids is 1. The Labute approximate surface area is 186 Å². The number of benzene rings is 3. The minimum Gasteiger partial charge on any atom is -0.497 e. The average molecular weight is 436 g/mol. The van der Waals surface area contributed by atoms with Crippen LogP contribution in [0.2, 0.25) is 0 Å². The number of aliphatic hydroxyl groups excluding tert-OH is 1. The molecule has 0 unspecified atom stereocenters. The summed E-state index contributed by atoms with van der Waals surface area (Å²) in [4.78, 5) is 11.2. The quantitative estimate of drug-likeness (QED) is 0.524. The van der Waals surface area contributed by atoms with E-state index in [9.17, 15) is 14.3 Å². The standard InChI is InChI=1S/C26H25FO5/c1-15(26(29)30)25(28)18-4-3-5-20(13-18)32-24-11-7-16-12-17(6-9-21(16)24)22-14-19(31-2)8-10-23(22)27/h3-6,8-10,12-15,24-25,28H,7,11H2,1-2H3,(H,29,30)/t15-,24+,25+/m0/s1. The highest BCUT2D eigenvalue weighted by molar-refractivity contribution is 5.70. The molecule has 3 aromatic rings. The van der Waals surface area contributed by atoms with Crippen molar-refractivity contribution in [3.63, 3.8) is 0 Å². The molecule has 0 amide bonds. The van der Waals surface area contributed by atoms with Crippen molar-refractivity contribution in [3.05, 3.63) is 83.2 Å².